The van der Waals surface area contributed by atoms with Gasteiger partial charge >= 0.3 is 0 Å². The van der Waals surface area contributed by atoms with E-state index in [1.807, 2.05) is 91.0 Å². The molecule has 6 nitrogen and oxygen atoms in total. The number of benzene rings is 7. The molecular formula is C45H27N3O3. The molecule has 7 aromatic rings. The SMILES string of the molecule is Nc1ccc2c(c1)C(=O)c1cc(-c3cc(-c4ccc5c(c4)C(=O)c4cc(N)ccc4-5)cc(-c4ccc5c(c4)C(=O)c4cc(N)ccc4-5)c3)ccc1-2. The first-order valence-corrected chi connectivity index (χ1v) is 16.6. The molecule has 0 bridgehead atoms. The lowest BCUT2D eigenvalue weighted by Gasteiger charge is -2.14. The van der Waals surface area contributed by atoms with E-state index < -0.39 is 0 Å². The van der Waals surface area contributed by atoms with Crippen LogP contribution in [-0.4, -0.2) is 17.3 Å². The van der Waals surface area contributed by atoms with Gasteiger partial charge in [0.1, 0.15) is 0 Å². The van der Waals surface area contributed by atoms with Crippen LogP contribution in [0.15, 0.2) is 127 Å². The van der Waals surface area contributed by atoms with E-state index in [2.05, 4.69) is 18.2 Å². The maximum atomic E-state index is 13.6. The van der Waals surface area contributed by atoms with Crippen molar-refractivity contribution in [3.8, 4) is 66.8 Å². The van der Waals surface area contributed by atoms with E-state index >= 15 is 0 Å². The Hall–Kier alpha value is -7.05. The lowest BCUT2D eigenvalue weighted by molar-refractivity contribution is 0.103. The minimum atomic E-state index is -0.0554. The second-order valence-corrected chi connectivity index (χ2v) is 13.5. The maximum Gasteiger partial charge on any atom is 0.194 e. The number of carbonyl (C=O) groups is 3. The zero-order valence-corrected chi connectivity index (χ0v) is 27.1. The van der Waals surface area contributed by atoms with Gasteiger partial charge in [-0.1, -0.05) is 54.6 Å². The van der Waals surface area contributed by atoms with Crippen LogP contribution in [0.5, 0.6) is 0 Å². The summed E-state index contributed by atoms with van der Waals surface area (Å²) in [5.41, 5.74) is 34.0. The van der Waals surface area contributed by atoms with E-state index in [0.717, 1.165) is 66.8 Å². The van der Waals surface area contributed by atoms with Crippen LogP contribution in [-0.2, 0) is 0 Å². The Morgan fingerprint density at radius 1 is 0.235 bits per heavy atom. The van der Waals surface area contributed by atoms with E-state index in [4.69, 9.17) is 17.2 Å². The van der Waals surface area contributed by atoms with E-state index in [1.54, 1.807) is 18.2 Å². The van der Waals surface area contributed by atoms with Crippen LogP contribution in [0.1, 0.15) is 47.8 Å². The Morgan fingerprint density at radius 2 is 0.471 bits per heavy atom. The van der Waals surface area contributed by atoms with Crippen molar-refractivity contribution in [2.45, 2.75) is 0 Å². The van der Waals surface area contributed by atoms with Gasteiger partial charge in [-0.15, -0.1) is 0 Å². The molecule has 7 aromatic carbocycles. The Morgan fingerprint density at radius 3 is 0.745 bits per heavy atom. The molecule has 0 heterocycles. The molecule has 51 heavy (non-hydrogen) atoms. The summed E-state index contributed by atoms with van der Waals surface area (Å²) in [6.45, 7) is 0. The molecule has 0 amide bonds. The van der Waals surface area contributed by atoms with E-state index in [0.29, 0.717) is 50.4 Å². The average molecular weight is 658 g/mol. The molecule has 3 aliphatic rings. The fourth-order valence-corrected chi connectivity index (χ4v) is 7.96. The van der Waals surface area contributed by atoms with Crippen LogP contribution in [0.4, 0.5) is 17.1 Å². The fraction of sp³-hybridized carbons (Fsp3) is 0. The first-order chi connectivity index (χ1) is 24.7. The van der Waals surface area contributed by atoms with Gasteiger partial charge in [-0.25, -0.2) is 0 Å². The van der Waals surface area contributed by atoms with E-state index in [-0.39, 0.29) is 17.3 Å². The Bertz CT molecular complexity index is 2480. The number of carbonyl (C=O) groups excluding carboxylic acids is 3. The summed E-state index contributed by atoms with van der Waals surface area (Å²) < 4.78 is 0. The molecule has 0 aliphatic heterocycles. The molecule has 0 unspecified atom stereocenters. The fourth-order valence-electron chi connectivity index (χ4n) is 7.96. The highest BCUT2D eigenvalue weighted by Gasteiger charge is 2.30. The minimum Gasteiger partial charge on any atom is -0.399 e. The third-order valence-electron chi connectivity index (χ3n) is 10.5. The third-order valence-corrected chi connectivity index (χ3v) is 10.5. The molecule has 6 N–H and O–H groups in total. The van der Waals surface area contributed by atoms with Gasteiger partial charge in [-0.3, -0.25) is 14.4 Å². The molecule has 0 aromatic heterocycles. The monoisotopic (exact) mass is 657 g/mol. The second-order valence-electron chi connectivity index (χ2n) is 13.5. The van der Waals surface area contributed by atoms with Crippen LogP contribution >= 0.6 is 0 Å². The first-order valence-electron chi connectivity index (χ1n) is 16.6. The lowest BCUT2D eigenvalue weighted by Crippen LogP contribution is -1.98. The Labute approximate surface area is 292 Å². The molecule has 6 heteroatoms. The molecule has 240 valence electrons. The number of ketones is 3. The lowest BCUT2D eigenvalue weighted by atomic mass is 9.90. The average Bonchev–Trinajstić information content (AvgIpc) is 3.70. The van der Waals surface area contributed by atoms with Gasteiger partial charge in [0.2, 0.25) is 0 Å². The van der Waals surface area contributed by atoms with Crippen molar-refractivity contribution in [3.05, 3.63) is 161 Å². The van der Waals surface area contributed by atoms with Crippen molar-refractivity contribution in [1.29, 1.82) is 0 Å². The van der Waals surface area contributed by atoms with Gasteiger partial charge in [-0.2, -0.15) is 0 Å². The van der Waals surface area contributed by atoms with Crippen LogP contribution in [0.25, 0.3) is 66.8 Å². The number of rotatable bonds is 3. The molecule has 10 rings (SSSR count). The highest BCUT2D eigenvalue weighted by Crippen LogP contribution is 2.44. The molecule has 0 spiro atoms. The molecule has 0 saturated heterocycles. The quantitative estimate of drug-likeness (QED) is 0.163. The zero-order valence-electron chi connectivity index (χ0n) is 27.1. The highest BCUT2D eigenvalue weighted by molar-refractivity contribution is 6.24. The van der Waals surface area contributed by atoms with Crippen LogP contribution in [0.2, 0.25) is 0 Å². The smallest absolute Gasteiger partial charge is 0.194 e. The predicted octanol–water partition coefficient (Wildman–Crippen LogP) is 9.07. The maximum absolute atomic E-state index is 13.6. The van der Waals surface area contributed by atoms with Crippen molar-refractivity contribution in [1.82, 2.24) is 0 Å². The summed E-state index contributed by atoms with van der Waals surface area (Å²) >= 11 is 0. The van der Waals surface area contributed by atoms with Gasteiger partial charge in [-0.05, 0) is 140 Å². The Kier molecular flexibility index (Phi) is 5.80. The number of anilines is 3. The normalized spacial score (nSPS) is 13.1. The number of hydrogen-bond donors (Lipinski definition) is 3. The standard InChI is InChI=1S/C45H27N3O3/c46-28-4-10-34-31-7-1-22(16-37(31)43(49)40(34)19-28)25-13-26(23-2-8-32-35-11-5-29(47)20-41(35)44(50)38(32)17-23)15-27(14-25)24-3-9-33-36-12-6-30(48)21-42(36)45(51)39(33)18-24/h1-21H,46-48H2. The van der Waals surface area contributed by atoms with Crippen LogP contribution in [0, 0.1) is 0 Å². The largest absolute Gasteiger partial charge is 0.399 e. The molecule has 0 radical (unpaired) electrons. The third kappa shape index (κ3) is 4.20. The zero-order chi connectivity index (χ0) is 34.7. The van der Waals surface area contributed by atoms with Gasteiger partial charge in [0.05, 0.1) is 0 Å². The number of hydrogen-bond acceptors (Lipinski definition) is 6. The summed E-state index contributed by atoms with van der Waals surface area (Å²) in [7, 11) is 0. The predicted molar refractivity (Wildman–Crippen MR) is 203 cm³/mol. The number of nitrogens with two attached hydrogens (primary N) is 3. The second kappa shape index (κ2) is 10.2. The minimum absolute atomic E-state index is 0.0554. The van der Waals surface area contributed by atoms with Crippen molar-refractivity contribution in [2.75, 3.05) is 17.2 Å². The highest BCUT2D eigenvalue weighted by atomic mass is 16.1. The van der Waals surface area contributed by atoms with Gasteiger partial charge < -0.3 is 17.2 Å². The van der Waals surface area contributed by atoms with Crippen molar-refractivity contribution >= 4 is 34.4 Å². The summed E-state index contributed by atoms with van der Waals surface area (Å²) in [6, 6.07) is 40.5. The van der Waals surface area contributed by atoms with Crippen LogP contribution < -0.4 is 17.2 Å². The molecule has 3 aliphatic carbocycles. The Balaban J connectivity index is 1.13. The van der Waals surface area contributed by atoms with Crippen molar-refractivity contribution in [3.63, 3.8) is 0 Å². The van der Waals surface area contributed by atoms with Gasteiger partial charge in [0, 0.05) is 50.4 Å². The van der Waals surface area contributed by atoms with Crippen molar-refractivity contribution < 1.29 is 14.4 Å². The van der Waals surface area contributed by atoms with Crippen molar-refractivity contribution in [2.24, 2.45) is 0 Å². The van der Waals surface area contributed by atoms with Gasteiger partial charge in [0.15, 0.2) is 17.3 Å². The van der Waals surface area contributed by atoms with Gasteiger partial charge in [0.25, 0.3) is 0 Å². The molecule has 0 atom stereocenters. The van der Waals surface area contributed by atoms with E-state index in [1.165, 1.54) is 0 Å². The summed E-state index contributed by atoms with van der Waals surface area (Å²) in [5.74, 6) is -0.166. The molecular weight excluding hydrogens is 631 g/mol. The molecule has 0 fully saturated rings. The number of fused-ring (bicyclic) bond motifs is 9. The topological polar surface area (TPSA) is 129 Å². The summed E-state index contributed by atoms with van der Waals surface area (Å²) in [5, 5.41) is 0. The first kappa shape index (κ1) is 28.9. The van der Waals surface area contributed by atoms with E-state index in [9.17, 15) is 14.4 Å². The number of nitrogen functional groups attached to an aromatic ring is 3. The molecule has 0 saturated carbocycles. The summed E-state index contributed by atoms with van der Waals surface area (Å²) in [4.78, 5) is 40.7. The summed E-state index contributed by atoms with van der Waals surface area (Å²) in [6.07, 6.45) is 0. The van der Waals surface area contributed by atoms with Crippen LogP contribution in [0.3, 0.4) is 0 Å².